The standard InChI is InChI=1S/C16H16F2O3S/c1-11(21-22(2,19)20)16(12-3-7-14(17)8-4-12)13-5-9-15(18)10-6-13/h3-11,16H,1-2H3. The summed E-state index contributed by atoms with van der Waals surface area (Å²) in [5.41, 5.74) is 1.37. The minimum atomic E-state index is -3.65. The molecule has 118 valence electrons. The Labute approximate surface area is 128 Å². The highest BCUT2D eigenvalue weighted by atomic mass is 32.2. The molecule has 0 saturated heterocycles. The first-order valence-electron chi connectivity index (χ1n) is 6.65. The summed E-state index contributed by atoms with van der Waals surface area (Å²) in [6.45, 7) is 1.61. The maximum Gasteiger partial charge on any atom is 0.264 e. The Morgan fingerprint density at radius 2 is 1.23 bits per heavy atom. The summed E-state index contributed by atoms with van der Waals surface area (Å²) in [6, 6.07) is 11.4. The van der Waals surface area contributed by atoms with Crippen molar-refractivity contribution in [1.29, 1.82) is 0 Å². The molecule has 0 aliphatic heterocycles. The summed E-state index contributed by atoms with van der Waals surface area (Å²) in [6.07, 6.45) is 0.251. The highest BCUT2D eigenvalue weighted by Gasteiger charge is 2.25. The molecule has 0 aliphatic carbocycles. The molecule has 22 heavy (non-hydrogen) atoms. The van der Waals surface area contributed by atoms with Crippen LogP contribution in [0, 0.1) is 11.6 Å². The molecule has 2 aromatic rings. The molecular weight excluding hydrogens is 310 g/mol. The van der Waals surface area contributed by atoms with E-state index >= 15 is 0 Å². The van der Waals surface area contributed by atoms with Gasteiger partial charge in [0.1, 0.15) is 11.6 Å². The quantitative estimate of drug-likeness (QED) is 0.790. The molecule has 0 aliphatic rings. The van der Waals surface area contributed by atoms with Gasteiger partial charge in [0.15, 0.2) is 0 Å². The largest absolute Gasteiger partial charge is 0.266 e. The Balaban J connectivity index is 2.44. The molecule has 1 atom stereocenters. The molecule has 0 radical (unpaired) electrons. The van der Waals surface area contributed by atoms with E-state index in [0.29, 0.717) is 11.1 Å². The zero-order valence-corrected chi connectivity index (χ0v) is 13.0. The normalized spacial score (nSPS) is 13.3. The Morgan fingerprint density at radius 1 is 0.864 bits per heavy atom. The van der Waals surface area contributed by atoms with Crippen molar-refractivity contribution in [3.63, 3.8) is 0 Å². The van der Waals surface area contributed by atoms with Crippen molar-refractivity contribution >= 4 is 10.1 Å². The lowest BCUT2D eigenvalue weighted by atomic mass is 9.87. The first-order valence-corrected chi connectivity index (χ1v) is 8.47. The predicted molar refractivity (Wildman–Crippen MR) is 80.0 cm³/mol. The summed E-state index contributed by atoms with van der Waals surface area (Å²) in [7, 11) is -3.65. The molecule has 0 heterocycles. The second-order valence-corrected chi connectivity index (χ2v) is 6.69. The van der Waals surface area contributed by atoms with Crippen molar-refractivity contribution < 1.29 is 21.4 Å². The average molecular weight is 326 g/mol. The van der Waals surface area contributed by atoms with Gasteiger partial charge in [0, 0.05) is 5.92 Å². The first-order chi connectivity index (χ1) is 10.3. The molecule has 0 fully saturated rings. The van der Waals surface area contributed by atoms with Crippen LogP contribution in [-0.2, 0) is 14.3 Å². The molecule has 2 aromatic carbocycles. The van der Waals surface area contributed by atoms with Gasteiger partial charge in [-0.2, -0.15) is 8.42 Å². The molecule has 0 N–H and O–H groups in total. The van der Waals surface area contributed by atoms with Crippen LogP contribution in [0.4, 0.5) is 8.78 Å². The van der Waals surface area contributed by atoms with Gasteiger partial charge in [-0.3, -0.25) is 4.18 Å². The van der Waals surface area contributed by atoms with E-state index in [1.54, 1.807) is 31.2 Å². The molecule has 6 heteroatoms. The van der Waals surface area contributed by atoms with Gasteiger partial charge in [-0.1, -0.05) is 24.3 Å². The van der Waals surface area contributed by atoms with Crippen LogP contribution in [-0.4, -0.2) is 20.8 Å². The van der Waals surface area contributed by atoms with E-state index in [9.17, 15) is 17.2 Å². The first kappa shape index (κ1) is 16.6. The van der Waals surface area contributed by atoms with Crippen LogP contribution >= 0.6 is 0 Å². The van der Waals surface area contributed by atoms with E-state index in [1.165, 1.54) is 24.3 Å². The molecule has 2 rings (SSSR count). The van der Waals surface area contributed by atoms with Crippen LogP contribution in [0.25, 0.3) is 0 Å². The summed E-state index contributed by atoms with van der Waals surface area (Å²) < 4.78 is 54.0. The second kappa shape index (κ2) is 6.54. The van der Waals surface area contributed by atoms with Crippen LogP contribution in [0.5, 0.6) is 0 Å². The second-order valence-electron chi connectivity index (χ2n) is 5.09. The fourth-order valence-electron chi connectivity index (χ4n) is 2.41. The van der Waals surface area contributed by atoms with Crippen molar-refractivity contribution in [3.8, 4) is 0 Å². The maximum atomic E-state index is 13.1. The summed E-state index contributed by atoms with van der Waals surface area (Å²) in [5, 5.41) is 0. The van der Waals surface area contributed by atoms with Crippen LogP contribution in [0.3, 0.4) is 0 Å². The van der Waals surface area contributed by atoms with Crippen molar-refractivity contribution in [2.24, 2.45) is 0 Å². The average Bonchev–Trinajstić information content (AvgIpc) is 2.41. The molecular formula is C16H16F2O3S. The van der Waals surface area contributed by atoms with Gasteiger partial charge in [-0.15, -0.1) is 0 Å². The molecule has 0 aromatic heterocycles. The summed E-state index contributed by atoms with van der Waals surface area (Å²) in [5.74, 6) is -1.24. The van der Waals surface area contributed by atoms with E-state index < -0.39 is 33.8 Å². The Hall–Kier alpha value is -1.79. The molecule has 3 nitrogen and oxygen atoms in total. The molecule has 0 amide bonds. The highest BCUT2D eigenvalue weighted by Crippen LogP contribution is 2.30. The van der Waals surface area contributed by atoms with Gasteiger partial charge < -0.3 is 0 Å². The lowest BCUT2D eigenvalue weighted by Crippen LogP contribution is -2.23. The lowest BCUT2D eigenvalue weighted by Gasteiger charge is -2.24. The lowest BCUT2D eigenvalue weighted by molar-refractivity contribution is 0.212. The van der Waals surface area contributed by atoms with Crippen LogP contribution in [0.2, 0.25) is 0 Å². The smallest absolute Gasteiger partial charge is 0.264 e. The van der Waals surface area contributed by atoms with Crippen molar-refractivity contribution in [2.75, 3.05) is 6.26 Å². The topological polar surface area (TPSA) is 43.4 Å². The Kier molecular flexibility index (Phi) is 4.93. The van der Waals surface area contributed by atoms with Crippen LogP contribution in [0.15, 0.2) is 48.5 Å². The fraction of sp³-hybridized carbons (Fsp3) is 0.250. The fourth-order valence-corrected chi connectivity index (χ4v) is 3.07. The molecule has 1 unspecified atom stereocenters. The van der Waals surface area contributed by atoms with E-state index in [0.717, 1.165) is 6.26 Å². The number of halogens is 2. The van der Waals surface area contributed by atoms with Gasteiger partial charge in [0.25, 0.3) is 10.1 Å². The number of hydrogen-bond donors (Lipinski definition) is 0. The maximum absolute atomic E-state index is 13.1. The van der Waals surface area contributed by atoms with Crippen molar-refractivity contribution in [2.45, 2.75) is 18.9 Å². The zero-order valence-electron chi connectivity index (χ0n) is 12.2. The zero-order chi connectivity index (χ0) is 16.3. The van der Waals surface area contributed by atoms with E-state index in [2.05, 4.69) is 0 Å². The Bertz CT molecular complexity index is 679. The van der Waals surface area contributed by atoms with E-state index in [-0.39, 0.29) is 0 Å². The molecule has 0 spiro atoms. The number of benzene rings is 2. The predicted octanol–water partition coefficient (Wildman–Crippen LogP) is 3.46. The van der Waals surface area contributed by atoms with Crippen molar-refractivity contribution in [1.82, 2.24) is 0 Å². The minimum absolute atomic E-state index is 0.390. The third-order valence-electron chi connectivity index (χ3n) is 3.25. The van der Waals surface area contributed by atoms with Gasteiger partial charge in [-0.05, 0) is 42.3 Å². The summed E-state index contributed by atoms with van der Waals surface area (Å²) >= 11 is 0. The molecule has 0 saturated carbocycles. The molecule has 0 bridgehead atoms. The third kappa shape index (κ3) is 4.35. The highest BCUT2D eigenvalue weighted by molar-refractivity contribution is 7.86. The van der Waals surface area contributed by atoms with Crippen LogP contribution in [0.1, 0.15) is 24.0 Å². The SMILES string of the molecule is CC(OS(C)(=O)=O)C(c1ccc(F)cc1)c1ccc(F)cc1. The number of rotatable bonds is 5. The van der Waals surface area contributed by atoms with Gasteiger partial charge in [0.2, 0.25) is 0 Å². The van der Waals surface area contributed by atoms with Gasteiger partial charge in [-0.25, -0.2) is 8.78 Å². The van der Waals surface area contributed by atoms with E-state index in [4.69, 9.17) is 4.18 Å². The third-order valence-corrected chi connectivity index (χ3v) is 3.91. The monoisotopic (exact) mass is 326 g/mol. The minimum Gasteiger partial charge on any atom is -0.266 e. The van der Waals surface area contributed by atoms with Crippen LogP contribution < -0.4 is 0 Å². The van der Waals surface area contributed by atoms with Crippen molar-refractivity contribution in [3.05, 3.63) is 71.3 Å². The Morgan fingerprint density at radius 3 is 1.55 bits per heavy atom. The number of hydrogen-bond acceptors (Lipinski definition) is 3. The van der Waals surface area contributed by atoms with Gasteiger partial charge >= 0.3 is 0 Å². The summed E-state index contributed by atoms with van der Waals surface area (Å²) in [4.78, 5) is 0. The van der Waals surface area contributed by atoms with Gasteiger partial charge in [0.05, 0.1) is 12.4 Å². The van der Waals surface area contributed by atoms with E-state index in [1.807, 2.05) is 0 Å².